The van der Waals surface area contributed by atoms with E-state index in [4.69, 9.17) is 11.6 Å². The zero-order chi connectivity index (χ0) is 14.0. The lowest BCUT2D eigenvalue weighted by atomic mass is 10.4. The van der Waals surface area contributed by atoms with Crippen molar-refractivity contribution in [3.8, 4) is 0 Å². The molecular weight excluding hydrogens is 311 g/mol. The summed E-state index contributed by atoms with van der Waals surface area (Å²) in [4.78, 5) is 0.726. The van der Waals surface area contributed by atoms with Crippen LogP contribution < -0.4 is 0 Å². The summed E-state index contributed by atoms with van der Waals surface area (Å²) in [6, 6.07) is 2.86. The Labute approximate surface area is 112 Å². The van der Waals surface area contributed by atoms with Crippen molar-refractivity contribution in [1.82, 2.24) is 4.31 Å². The SMILES string of the molecule is CN(CC(F)(F)F)S(=O)(=O)c1ccc(CCCl)s1. The van der Waals surface area contributed by atoms with E-state index < -0.39 is 22.7 Å². The Kier molecular flexibility index (Phi) is 5.05. The number of alkyl halides is 4. The minimum Gasteiger partial charge on any atom is -0.206 e. The molecule has 0 aromatic carbocycles. The molecule has 0 atom stereocenters. The Bertz CT molecular complexity index is 498. The van der Waals surface area contributed by atoms with Crippen molar-refractivity contribution in [2.75, 3.05) is 19.5 Å². The van der Waals surface area contributed by atoms with Gasteiger partial charge in [0.1, 0.15) is 10.8 Å². The van der Waals surface area contributed by atoms with E-state index in [2.05, 4.69) is 0 Å². The Hall–Kier alpha value is -0.310. The molecule has 0 saturated carbocycles. The average molecular weight is 322 g/mol. The highest BCUT2D eigenvalue weighted by Crippen LogP contribution is 2.27. The van der Waals surface area contributed by atoms with E-state index in [1.807, 2.05) is 0 Å². The fourth-order valence-corrected chi connectivity index (χ4v) is 4.25. The van der Waals surface area contributed by atoms with Gasteiger partial charge in [0.15, 0.2) is 0 Å². The molecule has 0 fully saturated rings. The maximum atomic E-state index is 12.2. The number of thiophene rings is 1. The molecule has 1 heterocycles. The molecule has 0 unspecified atom stereocenters. The third-order valence-corrected chi connectivity index (χ3v) is 5.65. The van der Waals surface area contributed by atoms with Crippen LogP contribution in [-0.4, -0.2) is 38.4 Å². The van der Waals surface area contributed by atoms with Crippen LogP contribution in [0.5, 0.6) is 0 Å². The second-order valence-corrected chi connectivity index (χ2v) is 7.35. The molecule has 0 aliphatic rings. The second-order valence-electron chi connectivity index (χ2n) is 3.54. The summed E-state index contributed by atoms with van der Waals surface area (Å²) in [5, 5.41) is 0. The Morgan fingerprint density at radius 3 is 2.50 bits per heavy atom. The van der Waals surface area contributed by atoms with Crippen LogP contribution in [-0.2, 0) is 16.4 Å². The second kappa shape index (κ2) is 5.77. The van der Waals surface area contributed by atoms with Gasteiger partial charge in [-0.3, -0.25) is 0 Å². The highest BCUT2D eigenvalue weighted by molar-refractivity contribution is 7.91. The van der Waals surface area contributed by atoms with Gasteiger partial charge in [-0.25, -0.2) is 8.42 Å². The average Bonchev–Trinajstić information content (AvgIpc) is 2.64. The van der Waals surface area contributed by atoms with Gasteiger partial charge in [0.25, 0.3) is 10.0 Å². The first-order chi connectivity index (χ1) is 8.16. The summed E-state index contributed by atoms with van der Waals surface area (Å²) in [6.07, 6.45) is -4.07. The monoisotopic (exact) mass is 321 g/mol. The Balaban J connectivity index is 2.91. The number of nitrogens with zero attached hydrogens (tertiary/aromatic N) is 1. The molecule has 0 bridgehead atoms. The van der Waals surface area contributed by atoms with Gasteiger partial charge in [0.05, 0.1) is 0 Å². The fourth-order valence-electron chi connectivity index (χ4n) is 1.22. The molecule has 0 N–H and O–H groups in total. The van der Waals surface area contributed by atoms with Crippen LogP contribution in [0.3, 0.4) is 0 Å². The van der Waals surface area contributed by atoms with Crippen LogP contribution >= 0.6 is 22.9 Å². The predicted octanol–water partition coefficient (Wildman–Crippen LogP) is 2.71. The summed E-state index contributed by atoms with van der Waals surface area (Å²) < 4.78 is 60.3. The van der Waals surface area contributed by atoms with E-state index >= 15 is 0 Å². The smallest absolute Gasteiger partial charge is 0.206 e. The quantitative estimate of drug-likeness (QED) is 0.782. The summed E-state index contributed by atoms with van der Waals surface area (Å²) in [5.41, 5.74) is 0. The molecule has 3 nitrogen and oxygen atoms in total. The van der Waals surface area contributed by atoms with Crippen LogP contribution in [0.1, 0.15) is 4.88 Å². The number of hydrogen-bond acceptors (Lipinski definition) is 3. The Morgan fingerprint density at radius 1 is 1.39 bits per heavy atom. The lowest BCUT2D eigenvalue weighted by Crippen LogP contribution is -2.35. The molecule has 9 heteroatoms. The zero-order valence-electron chi connectivity index (χ0n) is 9.37. The third kappa shape index (κ3) is 4.11. The van der Waals surface area contributed by atoms with E-state index in [1.54, 1.807) is 6.07 Å². The number of aryl methyl sites for hydroxylation is 1. The largest absolute Gasteiger partial charge is 0.402 e. The topological polar surface area (TPSA) is 37.4 Å². The first kappa shape index (κ1) is 15.7. The lowest BCUT2D eigenvalue weighted by molar-refractivity contribution is -0.134. The lowest BCUT2D eigenvalue weighted by Gasteiger charge is -2.17. The molecule has 0 aliphatic heterocycles. The van der Waals surface area contributed by atoms with Gasteiger partial charge in [0, 0.05) is 17.8 Å². The van der Waals surface area contributed by atoms with Gasteiger partial charge in [-0.1, -0.05) is 0 Å². The third-order valence-electron chi connectivity index (χ3n) is 2.04. The molecule has 18 heavy (non-hydrogen) atoms. The van der Waals surface area contributed by atoms with Crippen molar-refractivity contribution >= 4 is 33.0 Å². The molecule has 0 amide bonds. The molecule has 0 radical (unpaired) electrons. The van der Waals surface area contributed by atoms with E-state index in [1.165, 1.54) is 6.07 Å². The molecule has 1 rings (SSSR count). The van der Waals surface area contributed by atoms with Gasteiger partial charge in [0.2, 0.25) is 0 Å². The van der Waals surface area contributed by atoms with E-state index in [-0.39, 0.29) is 4.21 Å². The zero-order valence-corrected chi connectivity index (χ0v) is 11.8. The molecule has 0 saturated heterocycles. The van der Waals surface area contributed by atoms with Gasteiger partial charge >= 0.3 is 6.18 Å². The minimum atomic E-state index is -4.56. The minimum absolute atomic E-state index is 0.102. The molecular formula is C9H11ClF3NO2S2. The first-order valence-electron chi connectivity index (χ1n) is 4.84. The van der Waals surface area contributed by atoms with Crippen LogP contribution in [0.15, 0.2) is 16.3 Å². The molecule has 0 aliphatic carbocycles. The number of sulfonamides is 1. The van der Waals surface area contributed by atoms with E-state index in [0.717, 1.165) is 23.3 Å². The molecule has 1 aromatic rings. The van der Waals surface area contributed by atoms with Crippen molar-refractivity contribution in [3.05, 3.63) is 17.0 Å². The van der Waals surface area contributed by atoms with Crippen LogP contribution in [0.25, 0.3) is 0 Å². The number of halogens is 4. The normalized spacial score (nSPS) is 13.2. The summed E-state index contributed by atoms with van der Waals surface area (Å²) >= 11 is 6.44. The van der Waals surface area contributed by atoms with Crippen molar-refractivity contribution in [2.24, 2.45) is 0 Å². The van der Waals surface area contributed by atoms with E-state index in [9.17, 15) is 21.6 Å². The van der Waals surface area contributed by atoms with Crippen molar-refractivity contribution in [3.63, 3.8) is 0 Å². The van der Waals surface area contributed by atoms with Crippen molar-refractivity contribution in [1.29, 1.82) is 0 Å². The van der Waals surface area contributed by atoms with Gasteiger partial charge in [-0.15, -0.1) is 22.9 Å². The van der Waals surface area contributed by atoms with Crippen LogP contribution in [0, 0.1) is 0 Å². The summed E-state index contributed by atoms with van der Waals surface area (Å²) in [6.45, 7) is -1.50. The number of hydrogen-bond donors (Lipinski definition) is 0. The van der Waals surface area contributed by atoms with Gasteiger partial charge in [-0.05, 0) is 18.6 Å². The maximum absolute atomic E-state index is 12.2. The molecule has 1 aromatic heterocycles. The molecule has 104 valence electrons. The standard InChI is InChI=1S/C9H11ClF3NO2S2/c1-14(6-9(11,12)13)18(15,16)8-3-2-7(17-8)4-5-10/h2-3H,4-6H2,1H3. The highest BCUT2D eigenvalue weighted by Gasteiger charge is 2.35. The maximum Gasteiger partial charge on any atom is 0.402 e. The van der Waals surface area contributed by atoms with Crippen LogP contribution in [0.4, 0.5) is 13.2 Å². The van der Waals surface area contributed by atoms with Crippen molar-refractivity contribution in [2.45, 2.75) is 16.8 Å². The van der Waals surface area contributed by atoms with Crippen molar-refractivity contribution < 1.29 is 21.6 Å². The first-order valence-corrected chi connectivity index (χ1v) is 7.63. The fraction of sp³-hybridized carbons (Fsp3) is 0.556. The van der Waals surface area contributed by atoms with E-state index in [0.29, 0.717) is 16.6 Å². The summed E-state index contributed by atoms with van der Waals surface area (Å²) in [7, 11) is -3.17. The Morgan fingerprint density at radius 2 is 2.00 bits per heavy atom. The predicted molar refractivity (Wildman–Crippen MR) is 64.6 cm³/mol. The van der Waals surface area contributed by atoms with Crippen LogP contribution in [0.2, 0.25) is 0 Å². The number of rotatable bonds is 5. The highest BCUT2D eigenvalue weighted by atomic mass is 35.5. The molecule has 0 spiro atoms. The van der Waals surface area contributed by atoms with Gasteiger partial charge in [-0.2, -0.15) is 17.5 Å². The van der Waals surface area contributed by atoms with Gasteiger partial charge < -0.3 is 0 Å². The summed E-state index contributed by atoms with van der Waals surface area (Å²) in [5.74, 6) is 0.332.